The Kier molecular flexibility index (Phi) is 3.79. The molecule has 0 saturated heterocycles. The molecule has 20 heavy (non-hydrogen) atoms. The number of ketones is 2. The highest BCUT2D eigenvalue weighted by molar-refractivity contribution is 6.05. The van der Waals surface area contributed by atoms with Crippen LogP contribution in [0.15, 0.2) is 0 Å². The molecule has 1 aromatic heterocycles. The molecule has 0 unspecified atom stereocenters. The highest BCUT2D eigenvalue weighted by Crippen LogP contribution is 2.31. The third-order valence-electron chi connectivity index (χ3n) is 3.61. The molecule has 1 atom stereocenters. The normalized spacial score (nSPS) is 15.8. The largest absolute Gasteiger partial charge is 0.454 e. The minimum Gasteiger partial charge on any atom is -0.454 e. The molecule has 5 heteroatoms. The van der Waals surface area contributed by atoms with Crippen LogP contribution in [0.2, 0.25) is 0 Å². The second kappa shape index (κ2) is 5.23. The van der Waals surface area contributed by atoms with Crippen LogP contribution in [-0.4, -0.2) is 28.6 Å². The zero-order chi connectivity index (χ0) is 15.0. The smallest absolute Gasteiger partial charge is 0.309 e. The fraction of sp³-hybridized carbons (Fsp3) is 0.533. The van der Waals surface area contributed by atoms with Gasteiger partial charge >= 0.3 is 5.97 Å². The van der Waals surface area contributed by atoms with Crippen molar-refractivity contribution in [1.82, 2.24) is 4.98 Å². The van der Waals surface area contributed by atoms with Crippen LogP contribution in [0.25, 0.3) is 0 Å². The summed E-state index contributed by atoms with van der Waals surface area (Å²) in [6.45, 7) is 6.50. The maximum atomic E-state index is 12.3. The quantitative estimate of drug-likeness (QED) is 0.662. The molecule has 2 rings (SSSR count). The SMILES string of the molecule is CC(=O)c1c(C)[nH]c(C(=O)[C@H](C)OC(=O)C2CC2)c1C. The van der Waals surface area contributed by atoms with Gasteiger partial charge in [-0.3, -0.25) is 14.4 Å². The Morgan fingerprint density at radius 3 is 2.30 bits per heavy atom. The van der Waals surface area contributed by atoms with E-state index < -0.39 is 6.10 Å². The lowest BCUT2D eigenvalue weighted by atomic mass is 10.0. The third-order valence-corrected chi connectivity index (χ3v) is 3.61. The molecule has 1 aliphatic carbocycles. The summed E-state index contributed by atoms with van der Waals surface area (Å²) in [6.07, 6.45) is 0.851. The van der Waals surface area contributed by atoms with Crippen LogP contribution < -0.4 is 0 Å². The van der Waals surface area contributed by atoms with Gasteiger partial charge in [0.05, 0.1) is 11.6 Å². The number of hydrogen-bond donors (Lipinski definition) is 1. The van der Waals surface area contributed by atoms with Crippen LogP contribution in [0.1, 0.15) is 58.8 Å². The van der Waals surface area contributed by atoms with Gasteiger partial charge in [-0.2, -0.15) is 0 Å². The highest BCUT2D eigenvalue weighted by Gasteiger charge is 2.34. The Labute approximate surface area is 117 Å². The van der Waals surface area contributed by atoms with Crippen LogP contribution in [0.4, 0.5) is 0 Å². The van der Waals surface area contributed by atoms with Gasteiger partial charge in [0.25, 0.3) is 0 Å². The maximum Gasteiger partial charge on any atom is 0.309 e. The van der Waals surface area contributed by atoms with Gasteiger partial charge in [0.15, 0.2) is 11.9 Å². The molecule has 0 bridgehead atoms. The summed E-state index contributed by atoms with van der Waals surface area (Å²) in [4.78, 5) is 38.4. The van der Waals surface area contributed by atoms with Crippen molar-refractivity contribution in [3.8, 4) is 0 Å². The zero-order valence-corrected chi connectivity index (χ0v) is 12.2. The predicted molar refractivity (Wildman–Crippen MR) is 72.9 cm³/mol. The van der Waals surface area contributed by atoms with Crippen LogP contribution in [0, 0.1) is 19.8 Å². The number of hydrogen-bond acceptors (Lipinski definition) is 4. The van der Waals surface area contributed by atoms with Gasteiger partial charge < -0.3 is 9.72 Å². The summed E-state index contributed by atoms with van der Waals surface area (Å²) in [5.41, 5.74) is 2.17. The lowest BCUT2D eigenvalue weighted by Crippen LogP contribution is -2.26. The van der Waals surface area contributed by atoms with Crippen LogP contribution >= 0.6 is 0 Å². The summed E-state index contributed by atoms with van der Waals surface area (Å²) in [5.74, 6) is -0.729. The summed E-state index contributed by atoms with van der Waals surface area (Å²) in [6, 6.07) is 0. The molecule has 1 fully saturated rings. The topological polar surface area (TPSA) is 76.2 Å². The molecule has 1 saturated carbocycles. The number of nitrogens with one attached hydrogen (secondary N) is 1. The van der Waals surface area contributed by atoms with E-state index in [-0.39, 0.29) is 23.5 Å². The number of Topliss-reactive ketones (excluding diaryl/α,β-unsaturated/α-hetero) is 2. The number of aromatic nitrogens is 1. The first kappa shape index (κ1) is 14.5. The molecule has 0 spiro atoms. The molecule has 108 valence electrons. The number of ether oxygens (including phenoxy) is 1. The molecular weight excluding hydrogens is 258 g/mol. The molecule has 0 aromatic carbocycles. The Bertz CT molecular complexity index is 581. The summed E-state index contributed by atoms with van der Waals surface area (Å²) in [5, 5.41) is 0. The van der Waals surface area contributed by atoms with Crippen LogP contribution in [-0.2, 0) is 9.53 Å². The van der Waals surface area contributed by atoms with Gasteiger partial charge in [-0.1, -0.05) is 0 Å². The van der Waals surface area contributed by atoms with Crippen molar-refractivity contribution in [3.63, 3.8) is 0 Å². The average molecular weight is 277 g/mol. The molecule has 1 heterocycles. The van der Waals surface area contributed by atoms with Crippen molar-refractivity contribution >= 4 is 17.5 Å². The average Bonchev–Trinajstić information content (AvgIpc) is 3.14. The fourth-order valence-electron chi connectivity index (χ4n) is 2.37. The minimum absolute atomic E-state index is 0.0375. The number of esters is 1. The first-order chi connectivity index (χ1) is 9.32. The molecule has 0 amide bonds. The van der Waals surface area contributed by atoms with E-state index in [9.17, 15) is 14.4 Å². The molecule has 1 aromatic rings. The molecule has 5 nitrogen and oxygen atoms in total. The monoisotopic (exact) mass is 277 g/mol. The Balaban J connectivity index is 2.18. The third kappa shape index (κ3) is 2.66. The highest BCUT2D eigenvalue weighted by atomic mass is 16.5. The van der Waals surface area contributed by atoms with Crippen LogP contribution in [0.5, 0.6) is 0 Å². The first-order valence-corrected chi connectivity index (χ1v) is 6.77. The Morgan fingerprint density at radius 2 is 1.85 bits per heavy atom. The minimum atomic E-state index is -0.834. The number of rotatable bonds is 5. The van der Waals surface area contributed by atoms with Gasteiger partial charge in [0.1, 0.15) is 0 Å². The molecule has 1 N–H and O–H groups in total. The summed E-state index contributed by atoms with van der Waals surface area (Å²) in [7, 11) is 0. The van der Waals surface area contributed by atoms with E-state index in [0.717, 1.165) is 12.8 Å². The van der Waals surface area contributed by atoms with Crippen molar-refractivity contribution in [1.29, 1.82) is 0 Å². The van der Waals surface area contributed by atoms with E-state index in [1.54, 1.807) is 20.8 Å². The van der Waals surface area contributed by atoms with E-state index in [0.29, 0.717) is 22.5 Å². The van der Waals surface area contributed by atoms with Crippen molar-refractivity contribution in [2.24, 2.45) is 5.92 Å². The van der Waals surface area contributed by atoms with E-state index in [4.69, 9.17) is 4.74 Å². The van der Waals surface area contributed by atoms with E-state index in [2.05, 4.69) is 4.98 Å². The standard InChI is InChI=1S/C15H19NO4/c1-7-12(9(3)17)8(2)16-13(7)14(18)10(4)20-15(19)11-5-6-11/h10-11,16H,5-6H2,1-4H3/t10-/m0/s1. The number of aromatic amines is 1. The molecular formula is C15H19NO4. The Morgan fingerprint density at radius 1 is 1.25 bits per heavy atom. The van der Waals surface area contributed by atoms with Crippen molar-refractivity contribution in [3.05, 3.63) is 22.5 Å². The number of carbonyl (C=O) groups excluding carboxylic acids is 3. The number of carbonyl (C=O) groups is 3. The van der Waals surface area contributed by atoms with Gasteiger partial charge in [-0.15, -0.1) is 0 Å². The molecule has 0 radical (unpaired) electrons. The van der Waals surface area contributed by atoms with Gasteiger partial charge in [-0.05, 0) is 46.1 Å². The lowest BCUT2D eigenvalue weighted by Gasteiger charge is -2.11. The molecule has 1 aliphatic rings. The van der Waals surface area contributed by atoms with Gasteiger partial charge in [0, 0.05) is 11.3 Å². The lowest BCUT2D eigenvalue weighted by molar-refractivity contribution is -0.147. The van der Waals surface area contributed by atoms with Gasteiger partial charge in [-0.25, -0.2) is 0 Å². The first-order valence-electron chi connectivity index (χ1n) is 6.77. The zero-order valence-electron chi connectivity index (χ0n) is 12.2. The Hall–Kier alpha value is -1.91. The summed E-state index contributed by atoms with van der Waals surface area (Å²) < 4.78 is 5.16. The van der Waals surface area contributed by atoms with E-state index in [1.807, 2.05) is 0 Å². The van der Waals surface area contributed by atoms with Crippen molar-refractivity contribution in [2.75, 3.05) is 0 Å². The van der Waals surface area contributed by atoms with E-state index in [1.165, 1.54) is 6.92 Å². The van der Waals surface area contributed by atoms with Crippen molar-refractivity contribution in [2.45, 2.75) is 46.6 Å². The second-order valence-electron chi connectivity index (χ2n) is 5.40. The fourth-order valence-corrected chi connectivity index (χ4v) is 2.37. The van der Waals surface area contributed by atoms with E-state index >= 15 is 0 Å². The number of aryl methyl sites for hydroxylation is 1. The maximum absolute atomic E-state index is 12.3. The van der Waals surface area contributed by atoms with Crippen molar-refractivity contribution < 1.29 is 19.1 Å². The summed E-state index contributed by atoms with van der Waals surface area (Å²) >= 11 is 0. The van der Waals surface area contributed by atoms with Crippen LogP contribution in [0.3, 0.4) is 0 Å². The van der Waals surface area contributed by atoms with Gasteiger partial charge in [0.2, 0.25) is 5.78 Å². The molecule has 0 aliphatic heterocycles. The second-order valence-corrected chi connectivity index (χ2v) is 5.40. The number of H-pyrrole nitrogens is 1. The predicted octanol–water partition coefficient (Wildman–Crippen LogP) is 2.36.